The predicted molar refractivity (Wildman–Crippen MR) is 91.0 cm³/mol. The Kier molecular flexibility index (Phi) is 5.03. The summed E-state index contributed by atoms with van der Waals surface area (Å²) < 4.78 is 28.0. The normalized spacial score (nSPS) is 11.2. The van der Waals surface area contributed by atoms with E-state index in [1.807, 2.05) is 0 Å². The summed E-state index contributed by atoms with van der Waals surface area (Å²) in [7, 11) is -2.13. The summed E-state index contributed by atoms with van der Waals surface area (Å²) in [5, 5.41) is 3.22. The second-order valence-electron chi connectivity index (χ2n) is 4.07. The Balaban J connectivity index is 2.45. The van der Waals surface area contributed by atoms with E-state index in [1.54, 1.807) is 31.3 Å². The van der Waals surface area contributed by atoms with E-state index < -0.39 is 10.0 Å². The van der Waals surface area contributed by atoms with Gasteiger partial charge in [0.1, 0.15) is 4.90 Å². The van der Waals surface area contributed by atoms with Crippen LogP contribution >= 0.6 is 39.1 Å². The van der Waals surface area contributed by atoms with Crippen molar-refractivity contribution in [2.75, 3.05) is 17.1 Å². The third kappa shape index (κ3) is 3.45. The fourth-order valence-electron chi connectivity index (χ4n) is 1.71. The second-order valence-corrected chi connectivity index (χ2v) is 7.34. The molecule has 0 amide bonds. The molecule has 8 heteroatoms. The van der Waals surface area contributed by atoms with Gasteiger partial charge in [-0.3, -0.25) is 4.72 Å². The van der Waals surface area contributed by atoms with Crippen LogP contribution in [0.1, 0.15) is 0 Å². The van der Waals surface area contributed by atoms with Gasteiger partial charge < -0.3 is 5.32 Å². The maximum Gasteiger partial charge on any atom is 0.263 e. The molecule has 2 rings (SSSR count). The van der Waals surface area contributed by atoms with E-state index in [0.29, 0.717) is 10.2 Å². The second kappa shape index (κ2) is 6.44. The largest absolute Gasteiger partial charge is 0.387 e. The van der Waals surface area contributed by atoms with Crippen LogP contribution < -0.4 is 10.0 Å². The Labute approximate surface area is 141 Å². The quantitative estimate of drug-likeness (QED) is 0.725. The van der Waals surface area contributed by atoms with Crippen molar-refractivity contribution in [2.45, 2.75) is 4.90 Å². The third-order valence-corrected chi connectivity index (χ3v) is 5.92. The molecule has 0 bridgehead atoms. The van der Waals surface area contributed by atoms with Gasteiger partial charge in [0.25, 0.3) is 10.0 Å². The molecule has 0 spiro atoms. The smallest absolute Gasteiger partial charge is 0.263 e. The maximum absolute atomic E-state index is 12.5. The molecule has 4 nitrogen and oxygen atoms in total. The van der Waals surface area contributed by atoms with Crippen LogP contribution in [-0.2, 0) is 10.0 Å². The van der Waals surface area contributed by atoms with Crippen molar-refractivity contribution in [3.05, 3.63) is 50.9 Å². The predicted octanol–water partition coefficient (Wildman–Crippen LogP) is 4.60. The van der Waals surface area contributed by atoms with E-state index in [9.17, 15) is 8.42 Å². The minimum Gasteiger partial charge on any atom is -0.387 e. The molecule has 0 fully saturated rings. The van der Waals surface area contributed by atoms with Crippen LogP contribution in [0, 0.1) is 0 Å². The number of hydrogen-bond donors (Lipinski definition) is 2. The van der Waals surface area contributed by atoms with Crippen LogP contribution in [0.25, 0.3) is 0 Å². The molecule has 0 saturated carbocycles. The highest BCUT2D eigenvalue weighted by atomic mass is 79.9. The van der Waals surface area contributed by atoms with Crippen LogP contribution in [0.4, 0.5) is 11.4 Å². The zero-order chi connectivity index (χ0) is 15.6. The molecule has 0 heterocycles. The average molecular weight is 410 g/mol. The lowest BCUT2D eigenvalue weighted by molar-refractivity contribution is 0.601. The summed E-state index contributed by atoms with van der Waals surface area (Å²) in [6.45, 7) is 0. The van der Waals surface area contributed by atoms with Crippen LogP contribution in [0.15, 0.2) is 45.8 Å². The summed E-state index contributed by atoms with van der Waals surface area (Å²) in [5.41, 5.74) is 0.708. The Morgan fingerprint density at radius 1 is 1.00 bits per heavy atom. The van der Waals surface area contributed by atoms with Crippen molar-refractivity contribution >= 4 is 60.5 Å². The van der Waals surface area contributed by atoms with E-state index in [1.165, 1.54) is 12.1 Å². The highest BCUT2D eigenvalue weighted by molar-refractivity contribution is 9.10. The summed E-state index contributed by atoms with van der Waals surface area (Å²) in [4.78, 5) is 0.127. The van der Waals surface area contributed by atoms with E-state index in [-0.39, 0.29) is 20.6 Å². The lowest BCUT2D eigenvalue weighted by Crippen LogP contribution is -2.15. The van der Waals surface area contributed by atoms with E-state index in [2.05, 4.69) is 26.0 Å². The third-order valence-electron chi connectivity index (χ3n) is 2.73. The molecule has 2 N–H and O–H groups in total. The molecular weight excluding hydrogens is 399 g/mol. The van der Waals surface area contributed by atoms with E-state index >= 15 is 0 Å². The van der Waals surface area contributed by atoms with Crippen molar-refractivity contribution < 1.29 is 8.42 Å². The molecule has 0 saturated heterocycles. The summed E-state index contributed by atoms with van der Waals surface area (Å²) >= 11 is 15.3. The fourth-order valence-corrected chi connectivity index (χ4v) is 3.88. The van der Waals surface area contributed by atoms with Gasteiger partial charge in [0.2, 0.25) is 0 Å². The summed E-state index contributed by atoms with van der Waals surface area (Å²) in [5.74, 6) is 0. The van der Waals surface area contributed by atoms with Crippen molar-refractivity contribution in [2.24, 2.45) is 0 Å². The van der Waals surface area contributed by atoms with Crippen molar-refractivity contribution in [3.8, 4) is 0 Å². The molecule has 0 aliphatic heterocycles. The molecule has 0 radical (unpaired) electrons. The molecule has 0 aliphatic rings. The first-order valence-electron chi connectivity index (χ1n) is 5.80. The first-order chi connectivity index (χ1) is 9.86. The number of rotatable bonds is 4. The van der Waals surface area contributed by atoms with Gasteiger partial charge in [0, 0.05) is 11.5 Å². The number of benzene rings is 2. The van der Waals surface area contributed by atoms with Gasteiger partial charge in [-0.2, -0.15) is 0 Å². The monoisotopic (exact) mass is 408 g/mol. The number of para-hydroxylation sites is 1. The number of anilines is 2. The van der Waals surface area contributed by atoms with Gasteiger partial charge in [-0.1, -0.05) is 35.3 Å². The molecule has 21 heavy (non-hydrogen) atoms. The number of sulfonamides is 1. The van der Waals surface area contributed by atoms with Gasteiger partial charge in [-0.25, -0.2) is 8.42 Å². The summed E-state index contributed by atoms with van der Waals surface area (Å²) in [6.07, 6.45) is 0. The van der Waals surface area contributed by atoms with Gasteiger partial charge in [0.05, 0.1) is 21.4 Å². The first kappa shape index (κ1) is 16.4. The van der Waals surface area contributed by atoms with E-state index in [4.69, 9.17) is 23.2 Å². The van der Waals surface area contributed by atoms with Crippen molar-refractivity contribution in [1.82, 2.24) is 0 Å². The van der Waals surface area contributed by atoms with Gasteiger partial charge in [0.15, 0.2) is 0 Å². The highest BCUT2D eigenvalue weighted by Gasteiger charge is 2.20. The molecule has 0 atom stereocenters. The van der Waals surface area contributed by atoms with Crippen LogP contribution in [0.5, 0.6) is 0 Å². The van der Waals surface area contributed by atoms with Gasteiger partial charge in [-0.05, 0) is 40.2 Å². The molecule has 2 aromatic rings. The standard InChI is InChI=1S/C13H11BrCl2N2O2S/c1-17-9-4-2-3-5-11(9)21(19,20)18-10-7-6-8(14)12(15)13(10)16/h2-7,17-18H,1H3. The first-order valence-corrected chi connectivity index (χ1v) is 8.83. The molecular formula is C13H11BrCl2N2O2S. The zero-order valence-corrected chi connectivity index (χ0v) is 14.7. The van der Waals surface area contributed by atoms with Crippen LogP contribution in [-0.4, -0.2) is 15.5 Å². The average Bonchev–Trinajstić information content (AvgIpc) is 2.48. The lowest BCUT2D eigenvalue weighted by Gasteiger charge is -2.13. The number of hydrogen-bond acceptors (Lipinski definition) is 3. The minimum atomic E-state index is -3.78. The Morgan fingerprint density at radius 3 is 2.33 bits per heavy atom. The minimum absolute atomic E-state index is 0.127. The zero-order valence-electron chi connectivity index (χ0n) is 10.8. The maximum atomic E-state index is 12.5. The Bertz CT molecular complexity index is 782. The Hall–Kier alpha value is -0.950. The molecule has 2 aromatic carbocycles. The topological polar surface area (TPSA) is 58.2 Å². The van der Waals surface area contributed by atoms with Gasteiger partial charge in [-0.15, -0.1) is 0 Å². The lowest BCUT2D eigenvalue weighted by atomic mass is 10.3. The van der Waals surface area contributed by atoms with E-state index in [0.717, 1.165) is 0 Å². The fraction of sp³-hybridized carbons (Fsp3) is 0.0769. The van der Waals surface area contributed by atoms with Crippen molar-refractivity contribution in [1.29, 1.82) is 0 Å². The SMILES string of the molecule is CNc1ccccc1S(=O)(=O)Nc1ccc(Br)c(Cl)c1Cl. The number of halogens is 3. The number of nitrogens with one attached hydrogen (secondary N) is 2. The van der Waals surface area contributed by atoms with Gasteiger partial charge >= 0.3 is 0 Å². The summed E-state index contributed by atoms with van der Waals surface area (Å²) in [6, 6.07) is 9.72. The molecule has 0 unspecified atom stereocenters. The molecule has 112 valence electrons. The molecule has 0 aliphatic carbocycles. The highest BCUT2D eigenvalue weighted by Crippen LogP contribution is 2.37. The van der Waals surface area contributed by atoms with Crippen LogP contribution in [0.3, 0.4) is 0 Å². The molecule has 0 aromatic heterocycles. The Morgan fingerprint density at radius 2 is 1.67 bits per heavy atom. The van der Waals surface area contributed by atoms with Crippen molar-refractivity contribution in [3.63, 3.8) is 0 Å². The van der Waals surface area contributed by atoms with Crippen LogP contribution in [0.2, 0.25) is 10.0 Å².